The summed E-state index contributed by atoms with van der Waals surface area (Å²) in [6.07, 6.45) is 3.71. The highest BCUT2D eigenvalue weighted by Crippen LogP contribution is 2.10. The standard InChI is InChI=1S/C20H26N4O3/c1-14(2)11-23(12-17-10-22-24(13-17)15(3)4)20(27)21-9-16-5-7-18(8-6-16)19(25)26/h5-8,10,13,15H,1,9,11-12H2,2-4H3,(H,21,27)(H,25,26). The van der Waals surface area contributed by atoms with E-state index in [2.05, 4.69) is 17.0 Å². The summed E-state index contributed by atoms with van der Waals surface area (Å²) in [5, 5.41) is 16.1. The van der Waals surface area contributed by atoms with Gasteiger partial charge in [0.05, 0.1) is 18.3 Å². The summed E-state index contributed by atoms with van der Waals surface area (Å²) < 4.78 is 1.86. The Morgan fingerprint density at radius 3 is 2.44 bits per heavy atom. The van der Waals surface area contributed by atoms with Crippen LogP contribution in [0.25, 0.3) is 0 Å². The molecule has 0 saturated carbocycles. The Labute approximate surface area is 159 Å². The molecule has 2 N–H and O–H groups in total. The fourth-order valence-electron chi connectivity index (χ4n) is 2.54. The molecule has 0 aliphatic carbocycles. The molecule has 1 aromatic carbocycles. The molecule has 0 spiro atoms. The van der Waals surface area contributed by atoms with Crippen LogP contribution in [0, 0.1) is 0 Å². The largest absolute Gasteiger partial charge is 0.478 e. The van der Waals surface area contributed by atoms with Crippen LogP contribution in [-0.2, 0) is 13.1 Å². The highest BCUT2D eigenvalue weighted by Gasteiger charge is 2.15. The van der Waals surface area contributed by atoms with Gasteiger partial charge in [-0.3, -0.25) is 4.68 Å². The monoisotopic (exact) mass is 370 g/mol. The molecule has 0 aliphatic rings. The van der Waals surface area contributed by atoms with Crippen molar-refractivity contribution in [1.82, 2.24) is 20.0 Å². The molecule has 2 rings (SSSR count). The number of nitrogens with one attached hydrogen (secondary N) is 1. The van der Waals surface area contributed by atoms with E-state index in [1.165, 1.54) is 12.1 Å². The number of carbonyl (C=O) groups excluding carboxylic acids is 1. The maximum absolute atomic E-state index is 12.6. The van der Waals surface area contributed by atoms with Gasteiger partial charge in [0.15, 0.2) is 0 Å². The van der Waals surface area contributed by atoms with Crippen LogP contribution in [0.5, 0.6) is 0 Å². The number of aromatic nitrogens is 2. The first-order chi connectivity index (χ1) is 12.8. The molecule has 2 aromatic rings. The minimum Gasteiger partial charge on any atom is -0.478 e. The molecule has 7 heteroatoms. The third-order valence-corrected chi connectivity index (χ3v) is 3.95. The molecular formula is C20H26N4O3. The number of carboxylic acids is 1. The Morgan fingerprint density at radius 1 is 1.26 bits per heavy atom. The Balaban J connectivity index is 2.00. The van der Waals surface area contributed by atoms with Crippen molar-refractivity contribution in [2.75, 3.05) is 6.54 Å². The summed E-state index contributed by atoms with van der Waals surface area (Å²) in [5.41, 5.74) is 2.88. The van der Waals surface area contributed by atoms with Crippen LogP contribution in [0.1, 0.15) is 48.3 Å². The molecule has 0 unspecified atom stereocenters. The van der Waals surface area contributed by atoms with E-state index in [4.69, 9.17) is 5.11 Å². The van der Waals surface area contributed by atoms with E-state index < -0.39 is 5.97 Å². The second kappa shape index (κ2) is 9.02. The van der Waals surface area contributed by atoms with E-state index in [-0.39, 0.29) is 17.6 Å². The van der Waals surface area contributed by atoms with Crippen molar-refractivity contribution in [3.63, 3.8) is 0 Å². The summed E-state index contributed by atoms with van der Waals surface area (Å²) in [6, 6.07) is 6.48. The van der Waals surface area contributed by atoms with Crippen molar-refractivity contribution in [2.45, 2.75) is 39.9 Å². The number of benzene rings is 1. The third-order valence-electron chi connectivity index (χ3n) is 3.95. The van der Waals surface area contributed by atoms with Crippen molar-refractivity contribution in [3.8, 4) is 0 Å². The number of rotatable bonds is 8. The quantitative estimate of drug-likeness (QED) is 0.697. The molecule has 0 saturated heterocycles. The molecule has 0 fully saturated rings. The number of hydrogen-bond donors (Lipinski definition) is 2. The van der Waals surface area contributed by atoms with E-state index in [0.717, 1.165) is 16.7 Å². The second-order valence-electron chi connectivity index (χ2n) is 6.90. The SMILES string of the molecule is C=C(C)CN(Cc1cnn(C(C)C)c1)C(=O)NCc1ccc(C(=O)O)cc1. The molecule has 0 atom stereocenters. The molecule has 0 bridgehead atoms. The van der Waals surface area contributed by atoms with Gasteiger partial charge in [-0.05, 0) is 38.5 Å². The number of nitrogens with zero attached hydrogens (tertiary/aromatic N) is 3. The van der Waals surface area contributed by atoms with Gasteiger partial charge in [0.25, 0.3) is 0 Å². The molecule has 7 nitrogen and oxygen atoms in total. The van der Waals surface area contributed by atoms with Crippen molar-refractivity contribution in [2.24, 2.45) is 0 Å². The van der Waals surface area contributed by atoms with Gasteiger partial charge >= 0.3 is 12.0 Å². The molecule has 27 heavy (non-hydrogen) atoms. The minimum atomic E-state index is -0.972. The Kier molecular flexibility index (Phi) is 6.76. The molecule has 1 aromatic heterocycles. The van der Waals surface area contributed by atoms with Gasteiger partial charge in [0.1, 0.15) is 0 Å². The predicted molar refractivity (Wildman–Crippen MR) is 103 cm³/mol. The number of carbonyl (C=O) groups is 2. The smallest absolute Gasteiger partial charge is 0.335 e. The Morgan fingerprint density at radius 2 is 1.93 bits per heavy atom. The van der Waals surface area contributed by atoms with Gasteiger partial charge in [-0.25, -0.2) is 9.59 Å². The number of urea groups is 1. The summed E-state index contributed by atoms with van der Waals surface area (Å²) >= 11 is 0. The van der Waals surface area contributed by atoms with Crippen LogP contribution in [0.15, 0.2) is 48.8 Å². The lowest BCUT2D eigenvalue weighted by atomic mass is 10.1. The Bertz CT molecular complexity index is 809. The highest BCUT2D eigenvalue weighted by molar-refractivity contribution is 5.87. The lowest BCUT2D eigenvalue weighted by Crippen LogP contribution is -2.40. The van der Waals surface area contributed by atoms with E-state index in [1.807, 2.05) is 31.6 Å². The minimum absolute atomic E-state index is 0.211. The zero-order valence-electron chi connectivity index (χ0n) is 16.0. The first-order valence-electron chi connectivity index (χ1n) is 8.78. The molecule has 2 amide bonds. The summed E-state index contributed by atoms with van der Waals surface area (Å²) in [4.78, 5) is 25.2. The highest BCUT2D eigenvalue weighted by atomic mass is 16.4. The second-order valence-corrected chi connectivity index (χ2v) is 6.90. The number of carboxylic acid groups (broad SMARTS) is 1. The normalized spacial score (nSPS) is 10.7. The predicted octanol–water partition coefficient (Wildman–Crippen LogP) is 3.45. The average molecular weight is 370 g/mol. The fourth-order valence-corrected chi connectivity index (χ4v) is 2.54. The van der Waals surface area contributed by atoms with Gasteiger partial charge in [-0.15, -0.1) is 0 Å². The van der Waals surface area contributed by atoms with Crippen LogP contribution in [-0.4, -0.2) is 38.3 Å². The van der Waals surface area contributed by atoms with Gasteiger partial charge in [-0.1, -0.05) is 24.3 Å². The maximum Gasteiger partial charge on any atom is 0.335 e. The lowest BCUT2D eigenvalue weighted by molar-refractivity contribution is 0.0697. The topological polar surface area (TPSA) is 87.5 Å². The maximum atomic E-state index is 12.6. The zero-order chi connectivity index (χ0) is 20.0. The van der Waals surface area contributed by atoms with Crippen molar-refractivity contribution in [3.05, 3.63) is 65.5 Å². The Hall–Kier alpha value is -3.09. The van der Waals surface area contributed by atoms with Crippen molar-refractivity contribution >= 4 is 12.0 Å². The van der Waals surface area contributed by atoms with E-state index in [9.17, 15) is 9.59 Å². The summed E-state index contributed by atoms with van der Waals surface area (Å²) in [5.74, 6) is -0.972. The first-order valence-corrected chi connectivity index (χ1v) is 8.78. The van der Waals surface area contributed by atoms with Crippen LogP contribution < -0.4 is 5.32 Å². The summed E-state index contributed by atoms with van der Waals surface area (Å²) in [7, 11) is 0. The molecule has 144 valence electrons. The van der Waals surface area contributed by atoms with E-state index in [1.54, 1.807) is 23.2 Å². The zero-order valence-corrected chi connectivity index (χ0v) is 16.0. The number of aromatic carboxylic acids is 1. The van der Waals surface area contributed by atoms with Crippen LogP contribution in [0.2, 0.25) is 0 Å². The van der Waals surface area contributed by atoms with Crippen LogP contribution >= 0.6 is 0 Å². The van der Waals surface area contributed by atoms with E-state index in [0.29, 0.717) is 19.6 Å². The van der Waals surface area contributed by atoms with E-state index >= 15 is 0 Å². The van der Waals surface area contributed by atoms with Gasteiger partial charge in [0, 0.05) is 30.9 Å². The summed E-state index contributed by atoms with van der Waals surface area (Å²) in [6.45, 7) is 11.1. The average Bonchev–Trinajstić information content (AvgIpc) is 3.08. The fraction of sp³-hybridized carbons (Fsp3) is 0.350. The van der Waals surface area contributed by atoms with Crippen molar-refractivity contribution < 1.29 is 14.7 Å². The van der Waals surface area contributed by atoms with Gasteiger partial charge in [0.2, 0.25) is 0 Å². The van der Waals surface area contributed by atoms with Gasteiger partial charge < -0.3 is 15.3 Å². The molecule has 0 aliphatic heterocycles. The lowest BCUT2D eigenvalue weighted by Gasteiger charge is -2.23. The van der Waals surface area contributed by atoms with Crippen LogP contribution in [0.4, 0.5) is 4.79 Å². The third kappa shape index (κ3) is 5.99. The molecule has 0 radical (unpaired) electrons. The number of amides is 2. The van der Waals surface area contributed by atoms with Gasteiger partial charge in [-0.2, -0.15) is 5.10 Å². The molecule has 1 heterocycles. The van der Waals surface area contributed by atoms with Crippen LogP contribution in [0.3, 0.4) is 0 Å². The number of hydrogen-bond acceptors (Lipinski definition) is 3. The first kappa shape index (κ1) is 20.2. The molecular weight excluding hydrogens is 344 g/mol. The van der Waals surface area contributed by atoms with Crippen molar-refractivity contribution in [1.29, 1.82) is 0 Å².